The van der Waals surface area contributed by atoms with E-state index in [1.54, 1.807) is 30.5 Å². The van der Waals surface area contributed by atoms with Crippen molar-refractivity contribution < 1.29 is 36.9 Å². The third kappa shape index (κ3) is 6.86. The molecule has 0 unspecified atom stereocenters. The Labute approximate surface area is 221 Å². The molecule has 0 saturated carbocycles. The summed E-state index contributed by atoms with van der Waals surface area (Å²) in [4.78, 5) is 21.4. The van der Waals surface area contributed by atoms with Crippen molar-refractivity contribution in [2.75, 3.05) is 26.1 Å². The van der Waals surface area contributed by atoms with Gasteiger partial charge in [-0.05, 0) is 30.2 Å². The maximum Gasteiger partial charge on any atom is 0.422 e. The lowest BCUT2D eigenvalue weighted by atomic mass is 10.2. The van der Waals surface area contributed by atoms with Gasteiger partial charge in [-0.2, -0.15) is 18.3 Å². The van der Waals surface area contributed by atoms with E-state index in [0.29, 0.717) is 40.4 Å². The first-order valence-electron chi connectivity index (χ1n) is 11.8. The Morgan fingerprint density at radius 1 is 1.03 bits per heavy atom. The van der Waals surface area contributed by atoms with E-state index in [2.05, 4.69) is 20.4 Å². The fourth-order valence-corrected chi connectivity index (χ4v) is 3.65. The van der Waals surface area contributed by atoms with Crippen LogP contribution < -0.4 is 24.3 Å². The molecule has 0 aliphatic carbocycles. The second-order valence-corrected chi connectivity index (χ2v) is 8.83. The second kappa shape index (κ2) is 11.5. The van der Waals surface area contributed by atoms with Crippen LogP contribution in [0.1, 0.15) is 24.3 Å². The summed E-state index contributed by atoms with van der Waals surface area (Å²) >= 11 is 0. The molecule has 0 fully saturated rings. The lowest BCUT2D eigenvalue weighted by molar-refractivity contribution is -0.153. The molecule has 0 saturated heterocycles. The van der Waals surface area contributed by atoms with Gasteiger partial charge in [-0.3, -0.25) is 14.5 Å². The number of carbonyl (C=O) groups excluding carboxylic acids is 1. The summed E-state index contributed by atoms with van der Waals surface area (Å²) < 4.78 is 61.0. The first-order valence-corrected chi connectivity index (χ1v) is 11.8. The lowest BCUT2D eigenvalue weighted by Gasteiger charge is -2.12. The number of nitrogens with zero attached hydrogens (tertiary/aromatic N) is 4. The van der Waals surface area contributed by atoms with Gasteiger partial charge in [0.15, 0.2) is 29.5 Å². The number of hydrogen-bond acceptors (Lipinski definition) is 8. The minimum absolute atomic E-state index is 0.138. The minimum Gasteiger partial charge on any atom is -0.493 e. The largest absolute Gasteiger partial charge is 0.493 e. The summed E-state index contributed by atoms with van der Waals surface area (Å²) in [6, 6.07) is 8.22. The van der Waals surface area contributed by atoms with E-state index in [-0.39, 0.29) is 23.2 Å². The van der Waals surface area contributed by atoms with Crippen molar-refractivity contribution in [3.05, 3.63) is 54.6 Å². The van der Waals surface area contributed by atoms with Crippen molar-refractivity contribution in [2.24, 2.45) is 5.92 Å². The van der Waals surface area contributed by atoms with Gasteiger partial charge in [-0.15, -0.1) is 0 Å². The summed E-state index contributed by atoms with van der Waals surface area (Å²) in [5.41, 5.74) is 0.345. The van der Waals surface area contributed by atoms with Gasteiger partial charge in [0.05, 0.1) is 32.1 Å². The maximum atomic E-state index is 12.8. The lowest BCUT2D eigenvalue weighted by Crippen LogP contribution is -2.21. The van der Waals surface area contributed by atoms with Crippen LogP contribution in [0.25, 0.3) is 10.9 Å². The number of pyridine rings is 2. The summed E-state index contributed by atoms with van der Waals surface area (Å²) in [6.07, 6.45) is -0.319. The molecule has 1 aromatic carbocycles. The Hall–Kier alpha value is -4.55. The Bertz CT molecular complexity index is 1460. The number of halogens is 3. The van der Waals surface area contributed by atoms with E-state index in [4.69, 9.17) is 18.9 Å². The zero-order valence-electron chi connectivity index (χ0n) is 21.6. The van der Waals surface area contributed by atoms with Gasteiger partial charge in [0.1, 0.15) is 17.3 Å². The number of fused-ring (bicyclic) bond motifs is 1. The normalized spacial score (nSPS) is 11.5. The average molecular weight is 546 g/mol. The summed E-state index contributed by atoms with van der Waals surface area (Å²) in [6.45, 7) is 2.66. The maximum absolute atomic E-state index is 12.8. The van der Waals surface area contributed by atoms with E-state index >= 15 is 0 Å². The van der Waals surface area contributed by atoms with Crippen LogP contribution in [0.4, 0.5) is 19.0 Å². The molecule has 10 nitrogen and oxygen atoms in total. The highest BCUT2D eigenvalue weighted by Gasteiger charge is 2.30. The Morgan fingerprint density at radius 2 is 1.77 bits per heavy atom. The number of ether oxygens (including phenoxy) is 4. The van der Waals surface area contributed by atoms with E-state index in [1.165, 1.54) is 37.4 Å². The molecule has 206 valence electrons. The highest BCUT2D eigenvalue weighted by molar-refractivity contribution is 6.04. The van der Waals surface area contributed by atoms with Crippen LogP contribution in [0.3, 0.4) is 0 Å². The van der Waals surface area contributed by atoms with Crippen LogP contribution >= 0.6 is 0 Å². The van der Waals surface area contributed by atoms with Crippen LogP contribution in [0.15, 0.2) is 48.9 Å². The third-order valence-electron chi connectivity index (χ3n) is 5.30. The standard InChI is InChI=1S/C26H26F3N5O5/c1-15(2)12-34-13-22(38-14-26(27,28)29)24(33-34)25(35)32-23-6-5-16(11-31-23)39-19-7-8-30-18-10-21(37-4)20(36-3)9-17(18)19/h5-11,13,15H,12,14H2,1-4H3,(H,31,32,35). The van der Waals surface area contributed by atoms with Crippen LogP contribution in [0, 0.1) is 5.92 Å². The quantitative estimate of drug-likeness (QED) is 0.279. The number of amides is 1. The zero-order valence-corrected chi connectivity index (χ0v) is 21.6. The molecule has 1 N–H and O–H groups in total. The van der Waals surface area contributed by atoms with Gasteiger partial charge >= 0.3 is 6.18 Å². The molecule has 0 bridgehead atoms. The number of anilines is 1. The summed E-state index contributed by atoms with van der Waals surface area (Å²) in [5, 5.41) is 7.32. The Kier molecular flexibility index (Phi) is 8.07. The SMILES string of the molecule is COc1cc2nccc(Oc3ccc(NC(=O)c4nn(CC(C)C)cc4OCC(F)(F)F)nc3)c2cc1OC. The molecule has 3 aromatic heterocycles. The smallest absolute Gasteiger partial charge is 0.422 e. The molecule has 1 amide bonds. The van der Waals surface area contributed by atoms with E-state index in [1.807, 2.05) is 13.8 Å². The molecule has 0 aliphatic rings. The first-order chi connectivity index (χ1) is 18.6. The number of rotatable bonds is 10. The molecule has 0 aliphatic heterocycles. The number of methoxy groups -OCH3 is 2. The van der Waals surface area contributed by atoms with Crippen molar-refractivity contribution >= 4 is 22.6 Å². The molecule has 4 aromatic rings. The predicted molar refractivity (Wildman–Crippen MR) is 136 cm³/mol. The van der Waals surface area contributed by atoms with Crippen LogP contribution in [-0.4, -0.2) is 52.7 Å². The van der Waals surface area contributed by atoms with Gasteiger partial charge in [0.25, 0.3) is 5.91 Å². The highest BCUT2D eigenvalue weighted by atomic mass is 19.4. The van der Waals surface area contributed by atoms with Crippen LogP contribution in [-0.2, 0) is 6.54 Å². The molecule has 39 heavy (non-hydrogen) atoms. The number of nitrogens with one attached hydrogen (secondary N) is 1. The molecule has 0 radical (unpaired) electrons. The number of hydrogen-bond donors (Lipinski definition) is 1. The van der Waals surface area contributed by atoms with Gasteiger partial charge < -0.3 is 24.3 Å². The topological polar surface area (TPSA) is 110 Å². The molecular formula is C26H26F3N5O5. The van der Waals surface area contributed by atoms with E-state index < -0.39 is 18.7 Å². The summed E-state index contributed by atoms with van der Waals surface area (Å²) in [7, 11) is 3.06. The van der Waals surface area contributed by atoms with E-state index in [9.17, 15) is 18.0 Å². The fraction of sp³-hybridized carbons (Fsp3) is 0.308. The monoisotopic (exact) mass is 545 g/mol. The second-order valence-electron chi connectivity index (χ2n) is 8.83. The van der Waals surface area contributed by atoms with Crippen molar-refractivity contribution in [1.82, 2.24) is 19.7 Å². The highest BCUT2D eigenvalue weighted by Crippen LogP contribution is 2.36. The first kappa shape index (κ1) is 27.5. The Morgan fingerprint density at radius 3 is 2.41 bits per heavy atom. The van der Waals surface area contributed by atoms with Crippen LogP contribution in [0.2, 0.25) is 0 Å². The van der Waals surface area contributed by atoms with Crippen molar-refractivity contribution in [3.63, 3.8) is 0 Å². The molecule has 4 rings (SSSR count). The Balaban J connectivity index is 1.51. The van der Waals surface area contributed by atoms with Gasteiger partial charge in [-0.25, -0.2) is 4.98 Å². The molecule has 13 heteroatoms. The number of aromatic nitrogens is 4. The summed E-state index contributed by atoms with van der Waals surface area (Å²) in [5.74, 6) is 1.13. The minimum atomic E-state index is -4.57. The van der Waals surface area contributed by atoms with Gasteiger partial charge in [0, 0.05) is 24.2 Å². The number of carbonyl (C=O) groups is 1. The molecule has 3 heterocycles. The van der Waals surface area contributed by atoms with Gasteiger partial charge in [0.2, 0.25) is 0 Å². The zero-order chi connectivity index (χ0) is 28.2. The fourth-order valence-electron chi connectivity index (χ4n) is 3.65. The molecule has 0 atom stereocenters. The molecule has 0 spiro atoms. The number of benzene rings is 1. The molecular weight excluding hydrogens is 519 g/mol. The van der Waals surface area contributed by atoms with E-state index in [0.717, 1.165) is 0 Å². The van der Waals surface area contributed by atoms with Crippen molar-refractivity contribution in [3.8, 4) is 28.7 Å². The number of alkyl halides is 3. The van der Waals surface area contributed by atoms with Gasteiger partial charge in [-0.1, -0.05) is 13.8 Å². The van der Waals surface area contributed by atoms with Crippen molar-refractivity contribution in [2.45, 2.75) is 26.6 Å². The third-order valence-corrected chi connectivity index (χ3v) is 5.30. The average Bonchev–Trinajstić information content (AvgIpc) is 3.29. The predicted octanol–water partition coefficient (Wildman–Crippen LogP) is 5.49. The van der Waals surface area contributed by atoms with Crippen LogP contribution in [0.5, 0.6) is 28.7 Å². The van der Waals surface area contributed by atoms with Crippen molar-refractivity contribution in [1.29, 1.82) is 0 Å².